The Morgan fingerprint density at radius 2 is 2.10 bits per heavy atom. The fraction of sp³-hybridized carbons (Fsp3) is 0.938. The summed E-state index contributed by atoms with van der Waals surface area (Å²) < 4.78 is 10.3. The minimum absolute atomic E-state index is 0.170. The van der Waals surface area contributed by atoms with Gasteiger partial charge < -0.3 is 14.4 Å². The summed E-state index contributed by atoms with van der Waals surface area (Å²) in [7, 11) is 3.24. The molecule has 0 spiro atoms. The molecule has 21 heavy (non-hydrogen) atoms. The van der Waals surface area contributed by atoms with Crippen molar-refractivity contribution in [1.82, 2.24) is 10.2 Å². The van der Waals surface area contributed by atoms with Crippen molar-refractivity contribution in [3.63, 3.8) is 0 Å². The smallest absolute Gasteiger partial charge is 0.325 e. The average molecular weight is 300 g/mol. The van der Waals surface area contributed by atoms with Crippen LogP contribution in [0.15, 0.2) is 0 Å². The Hall–Kier alpha value is -0.650. The van der Waals surface area contributed by atoms with Gasteiger partial charge in [-0.25, -0.2) is 0 Å². The first-order valence-corrected chi connectivity index (χ1v) is 8.02. The van der Waals surface area contributed by atoms with Gasteiger partial charge in [-0.15, -0.1) is 0 Å². The van der Waals surface area contributed by atoms with E-state index < -0.39 is 5.54 Å². The number of nitrogens with zero attached hydrogens (tertiary/aromatic N) is 1. The van der Waals surface area contributed by atoms with Crippen molar-refractivity contribution in [2.75, 3.05) is 33.9 Å². The normalized spacial score (nSPS) is 22.5. The first-order valence-electron chi connectivity index (χ1n) is 8.02. The number of rotatable bonds is 9. The van der Waals surface area contributed by atoms with Crippen molar-refractivity contribution in [2.45, 2.75) is 64.1 Å². The molecule has 0 aromatic carbocycles. The number of carbonyl (C=O) groups is 1. The third-order valence-electron chi connectivity index (χ3n) is 4.21. The summed E-state index contributed by atoms with van der Waals surface area (Å²) in [6, 6.07) is 0.259. The van der Waals surface area contributed by atoms with Crippen molar-refractivity contribution in [1.29, 1.82) is 0 Å². The topological polar surface area (TPSA) is 50.8 Å². The molecular weight excluding hydrogens is 268 g/mol. The van der Waals surface area contributed by atoms with E-state index in [-0.39, 0.29) is 12.0 Å². The second kappa shape index (κ2) is 8.71. The third-order valence-corrected chi connectivity index (χ3v) is 4.21. The molecule has 2 unspecified atom stereocenters. The van der Waals surface area contributed by atoms with Crippen LogP contribution >= 0.6 is 0 Å². The standard InChI is InChI=1S/C16H32N2O3/c1-13(2)17-16(3,15(19)21-5)9-6-7-10-18-11-8-14(12-18)20-4/h13-14,17H,6-12H2,1-5H3. The molecular formula is C16H32N2O3. The van der Waals surface area contributed by atoms with Crippen LogP contribution in [0, 0.1) is 0 Å². The highest BCUT2D eigenvalue weighted by molar-refractivity contribution is 5.80. The predicted octanol–water partition coefficient (Wildman–Crippen LogP) is 1.81. The lowest BCUT2D eigenvalue weighted by atomic mass is 9.93. The number of unbranched alkanes of at least 4 members (excludes halogenated alkanes) is 1. The average Bonchev–Trinajstić information content (AvgIpc) is 2.90. The van der Waals surface area contributed by atoms with Gasteiger partial charge in [-0.05, 0) is 53.0 Å². The first-order chi connectivity index (χ1) is 9.91. The fourth-order valence-electron chi connectivity index (χ4n) is 3.10. The number of ether oxygens (including phenoxy) is 2. The molecule has 1 fully saturated rings. The molecule has 124 valence electrons. The van der Waals surface area contributed by atoms with Gasteiger partial charge in [0.05, 0.1) is 13.2 Å². The Balaban J connectivity index is 2.32. The summed E-state index contributed by atoms with van der Waals surface area (Å²) in [6.45, 7) is 9.28. The Kier molecular flexibility index (Phi) is 7.63. The van der Waals surface area contributed by atoms with Crippen LogP contribution in [-0.2, 0) is 14.3 Å². The van der Waals surface area contributed by atoms with E-state index >= 15 is 0 Å². The Morgan fingerprint density at radius 3 is 2.62 bits per heavy atom. The Bertz CT molecular complexity index is 323. The molecule has 0 radical (unpaired) electrons. The van der Waals surface area contributed by atoms with Crippen LogP contribution in [0.4, 0.5) is 0 Å². The molecule has 5 heteroatoms. The van der Waals surface area contributed by atoms with Crippen LogP contribution in [0.1, 0.15) is 46.5 Å². The monoisotopic (exact) mass is 300 g/mol. The van der Waals surface area contributed by atoms with Gasteiger partial charge in [0.25, 0.3) is 0 Å². The SMILES string of the molecule is COC(=O)C(C)(CCCCN1CCC(OC)C1)NC(C)C. The summed E-state index contributed by atoms with van der Waals surface area (Å²) >= 11 is 0. The van der Waals surface area contributed by atoms with Gasteiger partial charge in [0, 0.05) is 26.2 Å². The fourth-order valence-corrected chi connectivity index (χ4v) is 3.10. The highest BCUT2D eigenvalue weighted by Gasteiger charge is 2.34. The van der Waals surface area contributed by atoms with Crippen LogP contribution in [0.2, 0.25) is 0 Å². The van der Waals surface area contributed by atoms with Crippen LogP contribution < -0.4 is 5.32 Å². The van der Waals surface area contributed by atoms with E-state index in [2.05, 4.69) is 24.1 Å². The van der Waals surface area contributed by atoms with E-state index in [0.29, 0.717) is 6.10 Å². The minimum Gasteiger partial charge on any atom is -0.468 e. The van der Waals surface area contributed by atoms with Crippen molar-refractivity contribution in [2.24, 2.45) is 0 Å². The number of hydrogen-bond donors (Lipinski definition) is 1. The van der Waals surface area contributed by atoms with Gasteiger partial charge in [0.1, 0.15) is 5.54 Å². The Labute approximate surface area is 129 Å². The number of esters is 1. The highest BCUT2D eigenvalue weighted by Crippen LogP contribution is 2.18. The number of carbonyl (C=O) groups excluding carboxylic acids is 1. The molecule has 0 amide bonds. The highest BCUT2D eigenvalue weighted by atomic mass is 16.5. The second-order valence-corrected chi connectivity index (χ2v) is 6.53. The maximum absolute atomic E-state index is 12.0. The van der Waals surface area contributed by atoms with E-state index in [1.165, 1.54) is 7.11 Å². The maximum atomic E-state index is 12.0. The molecule has 1 heterocycles. The number of methoxy groups -OCH3 is 2. The zero-order chi connectivity index (χ0) is 15.9. The first kappa shape index (κ1) is 18.4. The molecule has 0 aromatic rings. The number of hydrogen-bond acceptors (Lipinski definition) is 5. The van der Waals surface area contributed by atoms with E-state index in [1.54, 1.807) is 7.11 Å². The van der Waals surface area contributed by atoms with Gasteiger partial charge in [0.2, 0.25) is 0 Å². The van der Waals surface area contributed by atoms with Gasteiger partial charge in [-0.1, -0.05) is 0 Å². The molecule has 2 atom stereocenters. The number of nitrogens with one attached hydrogen (secondary N) is 1. The summed E-state index contributed by atoms with van der Waals surface area (Å²) in [5.41, 5.74) is -0.580. The van der Waals surface area contributed by atoms with Crippen molar-refractivity contribution in [3.8, 4) is 0 Å². The van der Waals surface area contributed by atoms with Crippen LogP contribution in [0.5, 0.6) is 0 Å². The predicted molar refractivity (Wildman–Crippen MR) is 84.4 cm³/mol. The molecule has 1 aliphatic rings. The second-order valence-electron chi connectivity index (χ2n) is 6.53. The molecule has 0 saturated carbocycles. The minimum atomic E-state index is -0.580. The van der Waals surface area contributed by atoms with Gasteiger partial charge in [-0.2, -0.15) is 0 Å². The van der Waals surface area contributed by atoms with Gasteiger partial charge in [0.15, 0.2) is 0 Å². The largest absolute Gasteiger partial charge is 0.468 e. The van der Waals surface area contributed by atoms with E-state index in [4.69, 9.17) is 9.47 Å². The van der Waals surface area contributed by atoms with Crippen molar-refractivity contribution >= 4 is 5.97 Å². The van der Waals surface area contributed by atoms with E-state index in [9.17, 15) is 4.79 Å². The molecule has 0 aromatic heterocycles. The summed E-state index contributed by atoms with van der Waals surface area (Å²) in [5, 5.41) is 3.34. The van der Waals surface area contributed by atoms with Crippen molar-refractivity contribution in [3.05, 3.63) is 0 Å². The molecule has 1 saturated heterocycles. The Morgan fingerprint density at radius 1 is 1.38 bits per heavy atom. The van der Waals surface area contributed by atoms with E-state index in [1.807, 2.05) is 6.92 Å². The molecule has 5 nitrogen and oxygen atoms in total. The molecule has 0 aliphatic carbocycles. The summed E-state index contributed by atoms with van der Waals surface area (Å²) in [6.07, 6.45) is 4.44. The molecule has 1 aliphatic heterocycles. The quantitative estimate of drug-likeness (QED) is 0.520. The molecule has 1 N–H and O–H groups in total. The lowest BCUT2D eigenvalue weighted by molar-refractivity contribution is -0.148. The van der Waals surface area contributed by atoms with Crippen LogP contribution in [0.3, 0.4) is 0 Å². The molecule has 0 bridgehead atoms. The van der Waals surface area contributed by atoms with Crippen LogP contribution in [-0.4, -0.2) is 62.4 Å². The lowest BCUT2D eigenvalue weighted by Crippen LogP contribution is -2.53. The number of likely N-dealkylation sites (tertiary alicyclic amines) is 1. The van der Waals surface area contributed by atoms with Gasteiger partial charge >= 0.3 is 5.97 Å². The summed E-state index contributed by atoms with van der Waals surface area (Å²) in [5.74, 6) is -0.170. The molecule has 1 rings (SSSR count). The third kappa shape index (κ3) is 5.93. The zero-order valence-corrected chi connectivity index (χ0v) is 14.3. The van der Waals surface area contributed by atoms with Crippen molar-refractivity contribution < 1.29 is 14.3 Å². The van der Waals surface area contributed by atoms with Crippen LogP contribution in [0.25, 0.3) is 0 Å². The lowest BCUT2D eigenvalue weighted by Gasteiger charge is -2.30. The summed E-state index contributed by atoms with van der Waals surface area (Å²) in [4.78, 5) is 14.4. The van der Waals surface area contributed by atoms with E-state index in [0.717, 1.165) is 45.3 Å². The van der Waals surface area contributed by atoms with Gasteiger partial charge in [-0.3, -0.25) is 10.1 Å². The zero-order valence-electron chi connectivity index (χ0n) is 14.3. The maximum Gasteiger partial charge on any atom is 0.325 e.